The van der Waals surface area contributed by atoms with Crippen molar-refractivity contribution in [1.82, 2.24) is 4.31 Å². The lowest BCUT2D eigenvalue weighted by atomic mass is 9.95. The van der Waals surface area contributed by atoms with Crippen LogP contribution in [-0.2, 0) is 10.0 Å². The van der Waals surface area contributed by atoms with Crippen LogP contribution in [0.5, 0.6) is 0 Å². The van der Waals surface area contributed by atoms with E-state index in [2.05, 4.69) is 5.16 Å². The van der Waals surface area contributed by atoms with Crippen LogP contribution in [0.1, 0.15) is 19.8 Å². The van der Waals surface area contributed by atoms with Crippen LogP contribution in [0, 0.1) is 5.92 Å². The minimum absolute atomic E-state index is 0.0495. The van der Waals surface area contributed by atoms with Gasteiger partial charge in [-0.15, -0.1) is 11.3 Å². The number of nitrogens with zero attached hydrogens (tertiary/aromatic N) is 2. The van der Waals surface area contributed by atoms with E-state index in [9.17, 15) is 8.42 Å². The molecule has 5 nitrogen and oxygen atoms in total. The summed E-state index contributed by atoms with van der Waals surface area (Å²) in [5, 5.41) is 12.2. The van der Waals surface area contributed by atoms with Crippen molar-refractivity contribution in [2.24, 2.45) is 11.1 Å². The molecule has 0 radical (unpaired) electrons. The number of thiophene rings is 1. The highest BCUT2D eigenvalue weighted by molar-refractivity contribution is 7.89. The first kappa shape index (κ1) is 16.0. The molecular formula is C11H14Cl2N2O3S2. The Morgan fingerprint density at radius 1 is 1.55 bits per heavy atom. The highest BCUT2D eigenvalue weighted by atomic mass is 35.5. The summed E-state index contributed by atoms with van der Waals surface area (Å²) in [5.74, 6) is -0.0728. The molecular weight excluding hydrogens is 343 g/mol. The molecule has 1 atom stereocenters. The van der Waals surface area contributed by atoms with Crippen molar-refractivity contribution in [1.29, 1.82) is 0 Å². The molecule has 112 valence electrons. The van der Waals surface area contributed by atoms with Crippen LogP contribution in [0.15, 0.2) is 16.1 Å². The third kappa shape index (κ3) is 2.96. The summed E-state index contributed by atoms with van der Waals surface area (Å²) in [6.07, 6.45) is 1.13. The lowest BCUT2D eigenvalue weighted by molar-refractivity contribution is 0.296. The Morgan fingerprint density at radius 3 is 2.75 bits per heavy atom. The molecule has 1 fully saturated rings. The van der Waals surface area contributed by atoms with Gasteiger partial charge in [0.2, 0.25) is 10.0 Å². The van der Waals surface area contributed by atoms with Crippen molar-refractivity contribution in [3.05, 3.63) is 14.7 Å². The maximum atomic E-state index is 12.6. The second-order valence-electron chi connectivity index (χ2n) is 4.50. The van der Waals surface area contributed by atoms with Crippen molar-refractivity contribution in [2.45, 2.75) is 24.7 Å². The molecule has 1 saturated heterocycles. The molecule has 1 aliphatic heterocycles. The summed E-state index contributed by atoms with van der Waals surface area (Å²) in [7, 11) is -3.66. The van der Waals surface area contributed by atoms with Gasteiger partial charge >= 0.3 is 0 Å². The predicted molar refractivity (Wildman–Crippen MR) is 80.7 cm³/mol. The van der Waals surface area contributed by atoms with Gasteiger partial charge in [-0.1, -0.05) is 35.3 Å². The fourth-order valence-electron chi connectivity index (χ4n) is 2.24. The third-order valence-electron chi connectivity index (χ3n) is 3.38. The van der Waals surface area contributed by atoms with Crippen LogP contribution in [0.4, 0.5) is 0 Å². The van der Waals surface area contributed by atoms with E-state index in [4.69, 9.17) is 28.4 Å². The van der Waals surface area contributed by atoms with Crippen molar-refractivity contribution < 1.29 is 13.6 Å². The molecule has 1 unspecified atom stereocenters. The Labute approximate surface area is 131 Å². The summed E-state index contributed by atoms with van der Waals surface area (Å²) in [5.41, 5.74) is 0.647. The molecule has 1 aromatic rings. The molecule has 9 heteroatoms. The summed E-state index contributed by atoms with van der Waals surface area (Å²) >= 11 is 12.8. The topological polar surface area (TPSA) is 70.0 Å². The molecule has 1 N–H and O–H groups in total. The van der Waals surface area contributed by atoms with Gasteiger partial charge in [-0.3, -0.25) is 0 Å². The molecule has 20 heavy (non-hydrogen) atoms. The van der Waals surface area contributed by atoms with E-state index >= 15 is 0 Å². The summed E-state index contributed by atoms with van der Waals surface area (Å²) < 4.78 is 27.0. The van der Waals surface area contributed by atoms with Crippen molar-refractivity contribution >= 4 is 50.3 Å². The van der Waals surface area contributed by atoms with E-state index in [0.717, 1.165) is 11.3 Å². The van der Waals surface area contributed by atoms with Crippen molar-refractivity contribution in [2.75, 3.05) is 13.1 Å². The predicted octanol–water partition coefficient (Wildman–Crippen LogP) is 3.31. The maximum Gasteiger partial charge on any atom is 0.245 e. The number of hydrogen-bond donors (Lipinski definition) is 1. The van der Waals surface area contributed by atoms with Crippen LogP contribution in [-0.4, -0.2) is 36.7 Å². The highest BCUT2D eigenvalue weighted by Gasteiger charge is 2.34. The van der Waals surface area contributed by atoms with Gasteiger partial charge in [0, 0.05) is 25.4 Å². The zero-order valence-corrected chi connectivity index (χ0v) is 13.9. The average Bonchev–Trinajstić information content (AvgIpc) is 2.77. The SMILES string of the molecule is CCC1CN(S(=O)(=O)c2cc(Cl)sc2Cl)CC/C1=N\O. The minimum Gasteiger partial charge on any atom is -0.411 e. The molecule has 0 bridgehead atoms. The van der Waals surface area contributed by atoms with Gasteiger partial charge in [0.1, 0.15) is 9.23 Å². The first-order valence-electron chi connectivity index (χ1n) is 6.06. The van der Waals surface area contributed by atoms with Gasteiger partial charge in [-0.2, -0.15) is 4.31 Å². The zero-order chi connectivity index (χ0) is 14.9. The molecule has 0 amide bonds. The highest BCUT2D eigenvalue weighted by Crippen LogP contribution is 2.36. The van der Waals surface area contributed by atoms with Gasteiger partial charge in [0.05, 0.1) is 10.0 Å². The lowest BCUT2D eigenvalue weighted by Gasteiger charge is -2.31. The first-order valence-corrected chi connectivity index (χ1v) is 9.07. The van der Waals surface area contributed by atoms with Crippen LogP contribution < -0.4 is 0 Å². The van der Waals surface area contributed by atoms with E-state index in [1.54, 1.807) is 0 Å². The number of sulfonamides is 1. The fraction of sp³-hybridized carbons (Fsp3) is 0.545. The molecule has 0 aromatic carbocycles. The molecule has 2 rings (SSSR count). The summed E-state index contributed by atoms with van der Waals surface area (Å²) in [4.78, 5) is 0.0495. The molecule has 1 aromatic heterocycles. The number of rotatable bonds is 3. The van der Waals surface area contributed by atoms with E-state index in [-0.39, 0.29) is 21.7 Å². The fourth-order valence-corrected chi connectivity index (χ4v) is 5.84. The van der Waals surface area contributed by atoms with E-state index < -0.39 is 10.0 Å². The Hall–Kier alpha value is -0.340. The Balaban J connectivity index is 2.30. The standard InChI is InChI=1S/C11H14Cl2N2O3S2/c1-2-7-6-15(4-3-8(7)14-16)20(17,18)9-5-10(12)19-11(9)13/h5,7,16H,2-4,6H2,1H3/b14-8+. The number of oxime groups is 1. The van der Waals surface area contributed by atoms with E-state index in [1.807, 2.05) is 6.92 Å². The Kier molecular flexibility index (Phi) is 4.96. The van der Waals surface area contributed by atoms with Gasteiger partial charge in [0.15, 0.2) is 0 Å². The zero-order valence-electron chi connectivity index (χ0n) is 10.7. The summed E-state index contributed by atoms with van der Waals surface area (Å²) in [6, 6.07) is 1.38. The van der Waals surface area contributed by atoms with Gasteiger partial charge in [-0.05, 0) is 12.5 Å². The van der Waals surface area contributed by atoms with Crippen LogP contribution >= 0.6 is 34.5 Å². The molecule has 0 spiro atoms. The van der Waals surface area contributed by atoms with Gasteiger partial charge in [-0.25, -0.2) is 8.42 Å². The second-order valence-corrected chi connectivity index (χ2v) is 8.69. The van der Waals surface area contributed by atoms with Crippen LogP contribution in [0.3, 0.4) is 0 Å². The second kappa shape index (κ2) is 6.19. The largest absolute Gasteiger partial charge is 0.411 e. The van der Waals surface area contributed by atoms with Crippen molar-refractivity contribution in [3.63, 3.8) is 0 Å². The van der Waals surface area contributed by atoms with Crippen LogP contribution in [0.25, 0.3) is 0 Å². The van der Waals surface area contributed by atoms with E-state index in [1.165, 1.54) is 10.4 Å². The maximum absolute atomic E-state index is 12.6. The monoisotopic (exact) mass is 356 g/mol. The molecule has 0 aliphatic carbocycles. The van der Waals surface area contributed by atoms with Gasteiger partial charge in [0.25, 0.3) is 0 Å². The normalized spacial score (nSPS) is 23.4. The van der Waals surface area contributed by atoms with E-state index in [0.29, 0.717) is 29.4 Å². The lowest BCUT2D eigenvalue weighted by Crippen LogP contribution is -2.43. The third-order valence-corrected chi connectivity index (χ3v) is 7.00. The Bertz CT molecular complexity index is 628. The van der Waals surface area contributed by atoms with Crippen molar-refractivity contribution in [3.8, 4) is 0 Å². The molecule has 1 aliphatic rings. The number of hydrogen-bond acceptors (Lipinski definition) is 5. The average molecular weight is 357 g/mol. The minimum atomic E-state index is -3.66. The molecule has 2 heterocycles. The number of piperidine rings is 1. The smallest absolute Gasteiger partial charge is 0.245 e. The first-order chi connectivity index (χ1) is 9.40. The van der Waals surface area contributed by atoms with Crippen LogP contribution in [0.2, 0.25) is 8.67 Å². The number of halogens is 2. The molecule has 0 saturated carbocycles. The Morgan fingerprint density at radius 2 is 2.25 bits per heavy atom. The summed E-state index contributed by atoms with van der Waals surface area (Å²) in [6.45, 7) is 2.50. The quantitative estimate of drug-likeness (QED) is 0.667. The van der Waals surface area contributed by atoms with Gasteiger partial charge < -0.3 is 5.21 Å².